The molecule has 2 aromatic rings. The third-order valence-corrected chi connectivity index (χ3v) is 4.51. The summed E-state index contributed by atoms with van der Waals surface area (Å²) in [6.07, 6.45) is 2.44. The van der Waals surface area contributed by atoms with Crippen molar-refractivity contribution < 1.29 is 4.79 Å². The summed E-state index contributed by atoms with van der Waals surface area (Å²) < 4.78 is 0. The zero-order chi connectivity index (χ0) is 17.1. The lowest BCUT2D eigenvalue weighted by Gasteiger charge is -2.31. The van der Waals surface area contributed by atoms with Crippen molar-refractivity contribution in [3.05, 3.63) is 47.2 Å². The Morgan fingerprint density at radius 3 is 2.75 bits per heavy atom. The van der Waals surface area contributed by atoms with Gasteiger partial charge in [-0.05, 0) is 61.9 Å². The van der Waals surface area contributed by atoms with E-state index in [9.17, 15) is 4.79 Å². The fourth-order valence-electron chi connectivity index (χ4n) is 3.07. The van der Waals surface area contributed by atoms with Gasteiger partial charge in [-0.15, -0.1) is 10.2 Å². The highest BCUT2D eigenvalue weighted by Crippen LogP contribution is 2.21. The molecule has 1 aliphatic heterocycles. The SMILES string of the molecule is Cc1ccc(C)c(NC(=O)c2ccc(N3CCCC(C)C3)nn2)c1. The van der Waals surface area contributed by atoms with Gasteiger partial charge >= 0.3 is 0 Å². The number of hydrogen-bond donors (Lipinski definition) is 1. The summed E-state index contributed by atoms with van der Waals surface area (Å²) in [6.45, 7) is 8.24. The van der Waals surface area contributed by atoms with E-state index in [0.717, 1.165) is 35.7 Å². The summed E-state index contributed by atoms with van der Waals surface area (Å²) >= 11 is 0. The number of hydrogen-bond acceptors (Lipinski definition) is 4. The van der Waals surface area contributed by atoms with Crippen LogP contribution in [0.1, 0.15) is 41.4 Å². The maximum atomic E-state index is 12.4. The van der Waals surface area contributed by atoms with Crippen molar-refractivity contribution >= 4 is 17.4 Å². The molecule has 0 aliphatic carbocycles. The molecule has 1 saturated heterocycles. The highest BCUT2D eigenvalue weighted by molar-refractivity contribution is 6.03. The minimum absolute atomic E-state index is 0.227. The molecule has 3 rings (SSSR count). The molecule has 1 aliphatic rings. The van der Waals surface area contributed by atoms with Gasteiger partial charge in [0.2, 0.25) is 0 Å². The Kier molecular flexibility index (Phi) is 4.79. The average Bonchev–Trinajstić information content (AvgIpc) is 2.58. The van der Waals surface area contributed by atoms with E-state index in [1.807, 2.05) is 38.1 Å². The van der Waals surface area contributed by atoms with Crippen LogP contribution in [0.2, 0.25) is 0 Å². The van der Waals surface area contributed by atoms with E-state index in [1.54, 1.807) is 6.07 Å². The molecular weight excluding hydrogens is 300 g/mol. The number of carbonyl (C=O) groups excluding carboxylic acids is 1. The van der Waals surface area contributed by atoms with Crippen LogP contribution in [0.3, 0.4) is 0 Å². The first-order valence-electron chi connectivity index (χ1n) is 8.50. The molecule has 5 heteroatoms. The second-order valence-corrected chi connectivity index (χ2v) is 6.74. The lowest BCUT2D eigenvalue weighted by molar-refractivity contribution is 0.102. The van der Waals surface area contributed by atoms with E-state index in [-0.39, 0.29) is 5.91 Å². The lowest BCUT2D eigenvalue weighted by atomic mass is 10.0. The summed E-state index contributed by atoms with van der Waals surface area (Å²) in [4.78, 5) is 14.6. The van der Waals surface area contributed by atoms with Crippen LogP contribution in [0.25, 0.3) is 0 Å². The van der Waals surface area contributed by atoms with Crippen molar-refractivity contribution in [3.63, 3.8) is 0 Å². The topological polar surface area (TPSA) is 58.1 Å². The van der Waals surface area contributed by atoms with Crippen LogP contribution in [0.5, 0.6) is 0 Å². The van der Waals surface area contributed by atoms with Crippen molar-refractivity contribution in [3.8, 4) is 0 Å². The third kappa shape index (κ3) is 3.72. The number of benzene rings is 1. The second-order valence-electron chi connectivity index (χ2n) is 6.74. The summed E-state index contributed by atoms with van der Waals surface area (Å²) in [5, 5.41) is 11.3. The number of anilines is 2. The van der Waals surface area contributed by atoms with Gasteiger partial charge in [-0.1, -0.05) is 19.1 Å². The van der Waals surface area contributed by atoms with Gasteiger partial charge in [0.25, 0.3) is 5.91 Å². The number of aryl methyl sites for hydroxylation is 2. The van der Waals surface area contributed by atoms with E-state index in [4.69, 9.17) is 0 Å². The highest BCUT2D eigenvalue weighted by Gasteiger charge is 2.18. The number of carbonyl (C=O) groups is 1. The largest absolute Gasteiger partial charge is 0.355 e. The van der Waals surface area contributed by atoms with Crippen molar-refractivity contribution in [2.45, 2.75) is 33.6 Å². The van der Waals surface area contributed by atoms with Crippen molar-refractivity contribution in [1.82, 2.24) is 10.2 Å². The maximum absolute atomic E-state index is 12.4. The van der Waals surface area contributed by atoms with E-state index in [0.29, 0.717) is 11.6 Å². The molecule has 1 unspecified atom stereocenters. The second kappa shape index (κ2) is 6.99. The molecule has 0 radical (unpaired) electrons. The number of rotatable bonds is 3. The third-order valence-electron chi connectivity index (χ3n) is 4.51. The lowest BCUT2D eigenvalue weighted by Crippen LogP contribution is -2.35. The molecule has 126 valence electrons. The number of aromatic nitrogens is 2. The van der Waals surface area contributed by atoms with E-state index in [2.05, 4.69) is 27.3 Å². The fourth-order valence-corrected chi connectivity index (χ4v) is 3.07. The van der Waals surface area contributed by atoms with Gasteiger partial charge in [-0.2, -0.15) is 0 Å². The van der Waals surface area contributed by atoms with Crippen LogP contribution < -0.4 is 10.2 Å². The van der Waals surface area contributed by atoms with Crippen molar-refractivity contribution in [2.24, 2.45) is 5.92 Å². The van der Waals surface area contributed by atoms with Crippen molar-refractivity contribution in [1.29, 1.82) is 0 Å². The molecule has 1 aromatic heterocycles. The summed E-state index contributed by atoms with van der Waals surface area (Å²) in [7, 11) is 0. The first-order chi connectivity index (χ1) is 11.5. The first-order valence-corrected chi connectivity index (χ1v) is 8.50. The normalized spacial score (nSPS) is 17.6. The van der Waals surface area contributed by atoms with Crippen molar-refractivity contribution in [2.75, 3.05) is 23.3 Å². The maximum Gasteiger partial charge on any atom is 0.276 e. The zero-order valence-corrected chi connectivity index (χ0v) is 14.5. The molecule has 1 fully saturated rings. The number of nitrogens with one attached hydrogen (secondary N) is 1. The van der Waals surface area contributed by atoms with Gasteiger partial charge in [0.05, 0.1) is 0 Å². The molecule has 1 N–H and O–H groups in total. The summed E-state index contributed by atoms with van der Waals surface area (Å²) in [6, 6.07) is 9.63. The van der Waals surface area contributed by atoms with Crippen LogP contribution in [0.4, 0.5) is 11.5 Å². The Bertz CT molecular complexity index is 727. The Morgan fingerprint density at radius 2 is 2.04 bits per heavy atom. The van der Waals surface area contributed by atoms with Gasteiger partial charge in [0, 0.05) is 18.8 Å². The Hall–Kier alpha value is -2.43. The van der Waals surface area contributed by atoms with Gasteiger partial charge in [-0.3, -0.25) is 4.79 Å². The Morgan fingerprint density at radius 1 is 1.21 bits per heavy atom. The molecule has 1 aromatic carbocycles. The molecule has 1 atom stereocenters. The highest BCUT2D eigenvalue weighted by atomic mass is 16.1. The van der Waals surface area contributed by atoms with Gasteiger partial charge < -0.3 is 10.2 Å². The number of amides is 1. The fraction of sp³-hybridized carbons (Fsp3) is 0.421. The molecule has 0 saturated carbocycles. The minimum atomic E-state index is -0.227. The average molecular weight is 324 g/mol. The summed E-state index contributed by atoms with van der Waals surface area (Å²) in [5.41, 5.74) is 3.29. The van der Waals surface area contributed by atoms with Crippen LogP contribution in [-0.2, 0) is 0 Å². The molecule has 24 heavy (non-hydrogen) atoms. The van der Waals surface area contributed by atoms with Crippen LogP contribution >= 0.6 is 0 Å². The predicted molar refractivity (Wildman–Crippen MR) is 96.5 cm³/mol. The Balaban J connectivity index is 1.70. The van der Waals surface area contributed by atoms with Gasteiger partial charge in [0.15, 0.2) is 11.5 Å². The van der Waals surface area contributed by atoms with E-state index in [1.165, 1.54) is 12.8 Å². The van der Waals surface area contributed by atoms with Gasteiger partial charge in [-0.25, -0.2) is 0 Å². The van der Waals surface area contributed by atoms with E-state index < -0.39 is 0 Å². The van der Waals surface area contributed by atoms with Crippen LogP contribution in [0.15, 0.2) is 30.3 Å². The molecule has 1 amide bonds. The Labute approximate surface area is 143 Å². The molecule has 5 nitrogen and oxygen atoms in total. The monoisotopic (exact) mass is 324 g/mol. The number of nitrogens with zero attached hydrogens (tertiary/aromatic N) is 3. The predicted octanol–water partition coefficient (Wildman–Crippen LogP) is 3.58. The smallest absolute Gasteiger partial charge is 0.276 e. The zero-order valence-electron chi connectivity index (χ0n) is 14.5. The first kappa shape index (κ1) is 16.4. The summed E-state index contributed by atoms with van der Waals surface area (Å²) in [5.74, 6) is 1.30. The minimum Gasteiger partial charge on any atom is -0.355 e. The quantitative estimate of drug-likeness (QED) is 0.937. The van der Waals surface area contributed by atoms with E-state index >= 15 is 0 Å². The van der Waals surface area contributed by atoms with Gasteiger partial charge in [0.1, 0.15) is 0 Å². The standard InChI is InChI=1S/C19H24N4O/c1-13-6-7-15(3)17(11-13)20-19(24)16-8-9-18(22-21-16)23-10-4-5-14(2)12-23/h6-9,11,14H,4-5,10,12H2,1-3H3,(H,20,24). The van der Waals surface area contributed by atoms with Crippen LogP contribution in [-0.4, -0.2) is 29.2 Å². The molecular formula is C19H24N4O. The number of piperidine rings is 1. The van der Waals surface area contributed by atoms with Crippen LogP contribution in [0, 0.1) is 19.8 Å². The molecule has 0 spiro atoms. The molecule has 0 bridgehead atoms. The molecule has 2 heterocycles.